The second-order valence-electron chi connectivity index (χ2n) is 5.21. The molecule has 0 bridgehead atoms. The average Bonchev–Trinajstić information content (AvgIpc) is 2.60. The predicted octanol–water partition coefficient (Wildman–Crippen LogP) is 4.90. The first-order valence-electron chi connectivity index (χ1n) is 7.22. The monoisotopic (exact) mass is 349 g/mol. The van der Waals surface area contributed by atoms with Crippen LogP contribution in [0.2, 0.25) is 5.02 Å². The number of nitrogens with zero attached hydrogens (tertiary/aromatic N) is 1. The second-order valence-corrected chi connectivity index (χ2v) is 6.50. The summed E-state index contributed by atoms with van der Waals surface area (Å²) in [6, 6.07) is 13.2. The Balaban J connectivity index is 2.24. The Kier molecular flexibility index (Phi) is 5.97. The molecule has 2 rings (SSSR count). The van der Waals surface area contributed by atoms with Crippen LogP contribution in [-0.4, -0.2) is 31.2 Å². The van der Waals surface area contributed by atoms with Crippen LogP contribution in [-0.2, 0) is 0 Å². The van der Waals surface area contributed by atoms with Crippen LogP contribution < -0.4 is 4.74 Å². The highest BCUT2D eigenvalue weighted by Crippen LogP contribution is 2.27. The molecule has 0 saturated carbocycles. The maximum Gasteiger partial charge on any atom is 0.255 e. The van der Waals surface area contributed by atoms with Crippen molar-refractivity contribution >= 4 is 29.3 Å². The smallest absolute Gasteiger partial charge is 0.255 e. The number of carbonyl (C=O) groups is 1. The summed E-state index contributed by atoms with van der Waals surface area (Å²) in [5.74, 6) is 0.708. The van der Waals surface area contributed by atoms with E-state index in [9.17, 15) is 4.79 Å². The van der Waals surface area contributed by atoms with Gasteiger partial charge in [-0.2, -0.15) is 0 Å². The van der Waals surface area contributed by atoms with E-state index in [2.05, 4.69) is 0 Å². The van der Waals surface area contributed by atoms with Gasteiger partial charge in [-0.25, -0.2) is 0 Å². The number of carbonyl (C=O) groups excluding carboxylic acids is 1. The highest BCUT2D eigenvalue weighted by Gasteiger charge is 2.21. The van der Waals surface area contributed by atoms with Gasteiger partial charge >= 0.3 is 0 Å². The van der Waals surface area contributed by atoms with Gasteiger partial charge in [0.2, 0.25) is 0 Å². The zero-order valence-electron chi connectivity index (χ0n) is 13.7. The number of rotatable bonds is 5. The van der Waals surface area contributed by atoms with Crippen LogP contribution in [0.1, 0.15) is 28.9 Å². The normalized spacial score (nSPS) is 11.9. The van der Waals surface area contributed by atoms with E-state index in [1.807, 2.05) is 49.6 Å². The summed E-state index contributed by atoms with van der Waals surface area (Å²) in [6.45, 7) is 1.99. The van der Waals surface area contributed by atoms with Crippen LogP contribution >= 0.6 is 23.4 Å². The van der Waals surface area contributed by atoms with Gasteiger partial charge in [0.05, 0.1) is 23.7 Å². The molecule has 2 aromatic carbocycles. The standard InChI is InChI=1S/C18H20ClNO2S/c1-12(13-5-7-14(22-3)8-6-13)20(2)18(21)16-11-15(23-4)9-10-17(16)19/h5-12H,1-4H3. The molecule has 0 N–H and O–H groups in total. The third kappa shape index (κ3) is 4.01. The van der Waals surface area contributed by atoms with Crippen LogP contribution in [0.4, 0.5) is 0 Å². The van der Waals surface area contributed by atoms with Gasteiger partial charge in [-0.05, 0) is 49.1 Å². The van der Waals surface area contributed by atoms with E-state index >= 15 is 0 Å². The minimum Gasteiger partial charge on any atom is -0.497 e. The number of hydrogen-bond acceptors (Lipinski definition) is 3. The molecule has 0 heterocycles. The molecule has 3 nitrogen and oxygen atoms in total. The molecule has 0 aliphatic heterocycles. The van der Waals surface area contributed by atoms with Crippen LogP contribution in [0.3, 0.4) is 0 Å². The molecule has 23 heavy (non-hydrogen) atoms. The van der Waals surface area contributed by atoms with E-state index in [1.54, 1.807) is 36.9 Å². The van der Waals surface area contributed by atoms with Gasteiger partial charge < -0.3 is 9.64 Å². The van der Waals surface area contributed by atoms with E-state index in [1.165, 1.54) is 0 Å². The molecule has 5 heteroatoms. The number of hydrogen-bond donors (Lipinski definition) is 0. The van der Waals surface area contributed by atoms with Crippen molar-refractivity contribution in [3.63, 3.8) is 0 Å². The Labute approximate surface area is 146 Å². The van der Waals surface area contributed by atoms with E-state index < -0.39 is 0 Å². The summed E-state index contributed by atoms with van der Waals surface area (Å²) in [4.78, 5) is 15.5. The summed E-state index contributed by atoms with van der Waals surface area (Å²) in [5.41, 5.74) is 1.57. The predicted molar refractivity (Wildman–Crippen MR) is 96.7 cm³/mol. The maximum atomic E-state index is 12.8. The zero-order chi connectivity index (χ0) is 17.0. The third-order valence-electron chi connectivity index (χ3n) is 3.90. The summed E-state index contributed by atoms with van der Waals surface area (Å²) in [5, 5.41) is 0.474. The lowest BCUT2D eigenvalue weighted by Crippen LogP contribution is -2.29. The van der Waals surface area contributed by atoms with Gasteiger partial charge in [-0.1, -0.05) is 23.7 Å². The number of methoxy groups -OCH3 is 1. The number of thioether (sulfide) groups is 1. The molecule has 0 aliphatic rings. The Bertz CT molecular complexity index is 688. The lowest BCUT2D eigenvalue weighted by atomic mass is 10.1. The van der Waals surface area contributed by atoms with Crippen molar-refractivity contribution in [2.75, 3.05) is 20.4 Å². The van der Waals surface area contributed by atoms with E-state index in [4.69, 9.17) is 16.3 Å². The number of amides is 1. The number of benzene rings is 2. The molecule has 0 aromatic heterocycles. The van der Waals surface area contributed by atoms with Gasteiger partial charge in [-0.15, -0.1) is 11.8 Å². The molecular formula is C18H20ClNO2S. The fraction of sp³-hybridized carbons (Fsp3) is 0.278. The van der Waals surface area contributed by atoms with Crippen LogP contribution in [0.5, 0.6) is 5.75 Å². The molecule has 0 aliphatic carbocycles. The molecule has 2 aromatic rings. The molecular weight excluding hydrogens is 330 g/mol. The van der Waals surface area contributed by atoms with E-state index in [0.29, 0.717) is 10.6 Å². The highest BCUT2D eigenvalue weighted by atomic mass is 35.5. The summed E-state index contributed by atoms with van der Waals surface area (Å²) in [7, 11) is 3.42. The number of halogens is 1. The number of ether oxygens (including phenoxy) is 1. The molecule has 0 radical (unpaired) electrons. The van der Waals surface area contributed by atoms with Crippen LogP contribution in [0.15, 0.2) is 47.4 Å². The minimum atomic E-state index is -0.0887. The van der Waals surface area contributed by atoms with Crippen molar-refractivity contribution in [3.8, 4) is 5.75 Å². The molecule has 0 spiro atoms. The van der Waals surface area contributed by atoms with Gasteiger partial charge in [0.15, 0.2) is 0 Å². The first-order chi connectivity index (χ1) is 11.0. The molecule has 0 saturated heterocycles. The molecule has 1 atom stereocenters. The average molecular weight is 350 g/mol. The largest absolute Gasteiger partial charge is 0.497 e. The third-order valence-corrected chi connectivity index (χ3v) is 4.96. The summed E-state index contributed by atoms with van der Waals surface area (Å²) in [6.07, 6.45) is 1.97. The minimum absolute atomic E-state index is 0.0672. The Morgan fingerprint density at radius 2 is 1.87 bits per heavy atom. The Morgan fingerprint density at radius 1 is 1.22 bits per heavy atom. The fourth-order valence-corrected chi connectivity index (χ4v) is 2.91. The van der Waals surface area contributed by atoms with Gasteiger partial charge in [0.25, 0.3) is 5.91 Å². The van der Waals surface area contributed by atoms with Crippen molar-refractivity contribution in [2.45, 2.75) is 17.9 Å². The van der Waals surface area contributed by atoms with Crippen LogP contribution in [0, 0.1) is 0 Å². The van der Waals surface area contributed by atoms with Gasteiger partial charge in [0.1, 0.15) is 5.75 Å². The fourth-order valence-electron chi connectivity index (χ4n) is 2.27. The van der Waals surface area contributed by atoms with Gasteiger partial charge in [-0.3, -0.25) is 4.79 Å². The summed E-state index contributed by atoms with van der Waals surface area (Å²) < 4.78 is 5.17. The van der Waals surface area contributed by atoms with Crippen molar-refractivity contribution < 1.29 is 9.53 Å². The second kappa shape index (κ2) is 7.75. The molecule has 0 fully saturated rings. The topological polar surface area (TPSA) is 29.5 Å². The first-order valence-corrected chi connectivity index (χ1v) is 8.83. The van der Waals surface area contributed by atoms with Gasteiger partial charge in [0, 0.05) is 11.9 Å². The highest BCUT2D eigenvalue weighted by molar-refractivity contribution is 7.98. The quantitative estimate of drug-likeness (QED) is 0.719. The molecule has 1 amide bonds. The molecule has 1 unspecified atom stereocenters. The van der Waals surface area contributed by atoms with E-state index in [0.717, 1.165) is 16.2 Å². The zero-order valence-corrected chi connectivity index (χ0v) is 15.2. The molecule has 122 valence electrons. The van der Waals surface area contributed by atoms with Crippen molar-refractivity contribution in [2.24, 2.45) is 0 Å². The maximum absolute atomic E-state index is 12.8. The van der Waals surface area contributed by atoms with Crippen LogP contribution in [0.25, 0.3) is 0 Å². The van der Waals surface area contributed by atoms with Crippen molar-refractivity contribution in [1.82, 2.24) is 4.90 Å². The SMILES string of the molecule is COc1ccc(C(C)N(C)C(=O)c2cc(SC)ccc2Cl)cc1. The van der Waals surface area contributed by atoms with Crippen molar-refractivity contribution in [1.29, 1.82) is 0 Å². The van der Waals surface area contributed by atoms with E-state index in [-0.39, 0.29) is 11.9 Å². The van der Waals surface area contributed by atoms with Crippen molar-refractivity contribution in [3.05, 3.63) is 58.6 Å². The first kappa shape index (κ1) is 17.7. The lowest BCUT2D eigenvalue weighted by molar-refractivity contribution is 0.0742. The summed E-state index contributed by atoms with van der Waals surface area (Å²) >= 11 is 7.80. The lowest BCUT2D eigenvalue weighted by Gasteiger charge is -2.26. The Hall–Kier alpha value is -1.65. The Morgan fingerprint density at radius 3 is 2.43 bits per heavy atom.